The Hall–Kier alpha value is -2.12. The minimum Gasteiger partial charge on any atom is -0.303 e. The van der Waals surface area contributed by atoms with E-state index in [-0.39, 0.29) is 0 Å². The highest BCUT2D eigenvalue weighted by Crippen LogP contribution is 2.64. The fourth-order valence-electron chi connectivity index (χ4n) is 8.56. The number of piperidine rings is 1. The zero-order chi connectivity index (χ0) is 26.5. The molecule has 1 heterocycles. The molecule has 0 N–H and O–H groups in total. The number of rotatable bonds is 11. The van der Waals surface area contributed by atoms with Gasteiger partial charge in [-0.3, -0.25) is 0 Å². The summed E-state index contributed by atoms with van der Waals surface area (Å²) in [5.74, 6) is 4.19. The van der Waals surface area contributed by atoms with Gasteiger partial charge in [0.25, 0.3) is 0 Å². The number of aryl methyl sites for hydroxylation is 1. The summed E-state index contributed by atoms with van der Waals surface area (Å²) >= 11 is 0. The van der Waals surface area contributed by atoms with E-state index in [1.165, 1.54) is 102 Å². The van der Waals surface area contributed by atoms with Crippen molar-refractivity contribution in [2.75, 3.05) is 19.6 Å². The Bertz CT molecular complexity index is 1090. The van der Waals surface area contributed by atoms with E-state index in [4.69, 9.17) is 0 Å². The maximum Gasteiger partial charge on any atom is 0.00630 e. The molecular formula is C38H51N. The van der Waals surface area contributed by atoms with Gasteiger partial charge in [-0.05, 0) is 98.4 Å². The molecule has 2 saturated carbocycles. The van der Waals surface area contributed by atoms with Gasteiger partial charge in [-0.15, -0.1) is 0 Å². The van der Waals surface area contributed by atoms with Gasteiger partial charge in [-0.1, -0.05) is 118 Å². The normalized spacial score (nSPS) is 29.7. The topological polar surface area (TPSA) is 3.24 Å². The van der Waals surface area contributed by atoms with Gasteiger partial charge < -0.3 is 4.90 Å². The van der Waals surface area contributed by atoms with Crippen molar-refractivity contribution < 1.29 is 0 Å². The molecule has 1 heteroatoms. The molecule has 4 aliphatic rings. The molecule has 5 unspecified atom stereocenters. The summed E-state index contributed by atoms with van der Waals surface area (Å²) in [4.78, 5) is 2.78. The molecule has 0 spiro atoms. The van der Waals surface area contributed by atoms with Crippen LogP contribution in [0, 0.1) is 29.1 Å². The van der Waals surface area contributed by atoms with Crippen molar-refractivity contribution in [2.24, 2.45) is 29.1 Å². The number of hydrogen-bond donors (Lipinski definition) is 0. The van der Waals surface area contributed by atoms with Crippen LogP contribution in [-0.2, 0) is 12.8 Å². The maximum absolute atomic E-state index is 2.78. The largest absolute Gasteiger partial charge is 0.303 e. The molecule has 3 aliphatic carbocycles. The lowest BCUT2D eigenvalue weighted by molar-refractivity contribution is 0.162. The first-order valence-corrected chi connectivity index (χ1v) is 16.4. The van der Waals surface area contributed by atoms with Crippen molar-refractivity contribution in [3.05, 3.63) is 95.6 Å². The molecular weight excluding hydrogens is 470 g/mol. The van der Waals surface area contributed by atoms with Crippen LogP contribution in [0.15, 0.2) is 78.9 Å². The van der Waals surface area contributed by atoms with E-state index in [2.05, 4.69) is 90.7 Å². The molecule has 0 amide bonds. The molecule has 2 aromatic carbocycles. The zero-order valence-corrected chi connectivity index (χ0v) is 24.4. The van der Waals surface area contributed by atoms with E-state index in [1.54, 1.807) is 11.1 Å². The summed E-state index contributed by atoms with van der Waals surface area (Å²) in [6.45, 7) is 6.13. The average molecular weight is 522 g/mol. The van der Waals surface area contributed by atoms with Crippen LogP contribution in [0.3, 0.4) is 0 Å². The number of hydrogen-bond acceptors (Lipinski definition) is 1. The van der Waals surface area contributed by atoms with Crippen molar-refractivity contribution in [3.8, 4) is 0 Å². The molecule has 6 rings (SSSR count). The molecule has 2 aromatic rings. The van der Waals surface area contributed by atoms with Crippen molar-refractivity contribution in [1.29, 1.82) is 0 Å². The summed E-state index contributed by atoms with van der Waals surface area (Å²) in [7, 11) is 0. The van der Waals surface area contributed by atoms with E-state index >= 15 is 0 Å². The smallest absolute Gasteiger partial charge is 0.00630 e. The Labute approximate surface area is 238 Å². The van der Waals surface area contributed by atoms with E-state index in [0.717, 1.165) is 23.7 Å². The maximum atomic E-state index is 2.78. The Kier molecular flexibility index (Phi) is 8.74. The van der Waals surface area contributed by atoms with Crippen molar-refractivity contribution >= 4 is 0 Å². The Morgan fingerprint density at radius 2 is 1.59 bits per heavy atom. The van der Waals surface area contributed by atoms with Gasteiger partial charge in [0.05, 0.1) is 0 Å². The molecule has 0 bridgehead atoms. The number of benzene rings is 2. The first kappa shape index (κ1) is 27.1. The second-order valence-electron chi connectivity index (χ2n) is 13.5. The Morgan fingerprint density at radius 3 is 2.33 bits per heavy atom. The second kappa shape index (κ2) is 12.6. The molecule has 1 aliphatic heterocycles. The number of likely N-dealkylation sites (tertiary alicyclic amines) is 1. The van der Waals surface area contributed by atoms with E-state index in [0.29, 0.717) is 11.3 Å². The summed E-state index contributed by atoms with van der Waals surface area (Å²) < 4.78 is 0. The highest BCUT2D eigenvalue weighted by atomic mass is 15.1. The third-order valence-corrected chi connectivity index (χ3v) is 11.1. The number of allylic oxidation sites excluding steroid dienone is 4. The standard InChI is InChI=1S/C38H51N/c1-2-33-12-6-7-13-34(33)16-10-11-30-18-20-31(21-19-30)27-32-22-25-39(26-23-32)29-37(35-14-4-3-5-15-35)38-24-9-8-17-36(38)28-38/h3-5,8-9,14-15,17-21,24,32-34,36-37H,2,6-7,10-13,16,22-23,25-29H2,1H3. The van der Waals surface area contributed by atoms with Gasteiger partial charge in [0.1, 0.15) is 0 Å². The van der Waals surface area contributed by atoms with Crippen LogP contribution in [0.1, 0.15) is 93.7 Å². The summed E-state index contributed by atoms with van der Waals surface area (Å²) in [6, 6.07) is 21.1. The molecule has 1 nitrogen and oxygen atoms in total. The van der Waals surface area contributed by atoms with Crippen LogP contribution < -0.4 is 0 Å². The minimum atomic E-state index is 0.364. The second-order valence-corrected chi connectivity index (χ2v) is 13.5. The van der Waals surface area contributed by atoms with Gasteiger partial charge in [-0.25, -0.2) is 0 Å². The van der Waals surface area contributed by atoms with Gasteiger partial charge in [-0.2, -0.15) is 0 Å². The minimum absolute atomic E-state index is 0.364. The summed E-state index contributed by atoms with van der Waals surface area (Å²) in [6.07, 6.45) is 26.2. The van der Waals surface area contributed by atoms with Gasteiger partial charge in [0.15, 0.2) is 0 Å². The third kappa shape index (κ3) is 6.45. The summed E-state index contributed by atoms with van der Waals surface area (Å²) in [5, 5.41) is 0. The molecule has 0 radical (unpaired) electrons. The first-order valence-electron chi connectivity index (χ1n) is 16.4. The van der Waals surface area contributed by atoms with E-state index in [9.17, 15) is 0 Å². The Balaban J connectivity index is 0.966. The predicted octanol–water partition coefficient (Wildman–Crippen LogP) is 9.40. The lowest BCUT2D eigenvalue weighted by atomic mass is 9.75. The van der Waals surface area contributed by atoms with Gasteiger partial charge >= 0.3 is 0 Å². The lowest BCUT2D eigenvalue weighted by Crippen LogP contribution is -2.39. The fourth-order valence-corrected chi connectivity index (χ4v) is 8.56. The average Bonchev–Trinajstić information content (AvgIpc) is 3.74. The molecule has 208 valence electrons. The van der Waals surface area contributed by atoms with Crippen LogP contribution in [0.5, 0.6) is 0 Å². The van der Waals surface area contributed by atoms with E-state index < -0.39 is 0 Å². The van der Waals surface area contributed by atoms with E-state index in [1.807, 2.05) is 0 Å². The molecule has 3 fully saturated rings. The van der Waals surface area contributed by atoms with Crippen LogP contribution in [0.2, 0.25) is 0 Å². The van der Waals surface area contributed by atoms with Crippen molar-refractivity contribution in [3.63, 3.8) is 0 Å². The molecule has 39 heavy (non-hydrogen) atoms. The van der Waals surface area contributed by atoms with Gasteiger partial charge in [0.2, 0.25) is 0 Å². The quantitative estimate of drug-likeness (QED) is 0.285. The Morgan fingerprint density at radius 1 is 0.846 bits per heavy atom. The van der Waals surface area contributed by atoms with Crippen LogP contribution >= 0.6 is 0 Å². The molecule has 1 saturated heterocycles. The van der Waals surface area contributed by atoms with Crippen molar-refractivity contribution in [1.82, 2.24) is 4.90 Å². The molecule has 5 atom stereocenters. The van der Waals surface area contributed by atoms with Crippen molar-refractivity contribution in [2.45, 2.75) is 89.9 Å². The summed E-state index contributed by atoms with van der Waals surface area (Å²) in [5.41, 5.74) is 5.00. The van der Waals surface area contributed by atoms with Crippen LogP contribution in [-0.4, -0.2) is 24.5 Å². The lowest BCUT2D eigenvalue weighted by Gasteiger charge is -2.37. The van der Waals surface area contributed by atoms with Gasteiger partial charge in [0, 0.05) is 17.9 Å². The fraction of sp³-hybridized carbons (Fsp3) is 0.579. The first-order chi connectivity index (χ1) is 19.2. The van der Waals surface area contributed by atoms with Crippen LogP contribution in [0.25, 0.3) is 0 Å². The number of fused-ring (bicyclic) bond motifs is 1. The SMILES string of the molecule is CCC1CCCCC1CCCc1ccc(CC2CCN(CC(c3ccccc3)C34C=CC=CC3C4)CC2)cc1. The zero-order valence-electron chi connectivity index (χ0n) is 24.4. The highest BCUT2D eigenvalue weighted by molar-refractivity contribution is 5.37. The third-order valence-electron chi connectivity index (χ3n) is 11.1. The monoisotopic (exact) mass is 521 g/mol. The van der Waals surface area contributed by atoms with Crippen LogP contribution in [0.4, 0.5) is 0 Å². The number of nitrogens with zero attached hydrogens (tertiary/aromatic N) is 1. The predicted molar refractivity (Wildman–Crippen MR) is 166 cm³/mol. The highest BCUT2D eigenvalue weighted by Gasteiger charge is 2.56. The molecule has 0 aromatic heterocycles.